The summed E-state index contributed by atoms with van der Waals surface area (Å²) in [6, 6.07) is 14.4. The van der Waals surface area contributed by atoms with Crippen LogP contribution in [0.2, 0.25) is 5.02 Å². The number of nitrogens with zero attached hydrogens (tertiary/aromatic N) is 2. The summed E-state index contributed by atoms with van der Waals surface area (Å²) in [5.41, 5.74) is 2.23. The molecule has 8 heteroatoms. The van der Waals surface area contributed by atoms with Gasteiger partial charge in [0.15, 0.2) is 0 Å². The first kappa shape index (κ1) is 18.9. The molecule has 0 aliphatic heterocycles. The van der Waals surface area contributed by atoms with Gasteiger partial charge in [-0.15, -0.1) is 0 Å². The highest BCUT2D eigenvalue weighted by Gasteiger charge is 2.14. The zero-order chi connectivity index (χ0) is 19.2. The Hall–Kier alpha value is -2.90. The van der Waals surface area contributed by atoms with E-state index in [4.69, 9.17) is 16.3 Å². The molecule has 140 valence electrons. The molecule has 1 aromatic heterocycles. The van der Waals surface area contributed by atoms with Gasteiger partial charge in [0.2, 0.25) is 11.8 Å². The molecule has 2 amide bonds. The van der Waals surface area contributed by atoms with E-state index in [1.165, 1.54) is 7.11 Å². The van der Waals surface area contributed by atoms with Crippen LogP contribution in [0.5, 0.6) is 0 Å². The number of amides is 2. The van der Waals surface area contributed by atoms with Crippen molar-refractivity contribution in [2.45, 2.75) is 13.1 Å². The van der Waals surface area contributed by atoms with Crippen molar-refractivity contribution < 1.29 is 14.3 Å². The van der Waals surface area contributed by atoms with E-state index in [9.17, 15) is 9.59 Å². The molecule has 2 aromatic carbocycles. The minimum absolute atomic E-state index is 0.0305. The molecule has 0 spiro atoms. The van der Waals surface area contributed by atoms with Crippen molar-refractivity contribution in [1.29, 1.82) is 0 Å². The number of fused-ring (bicyclic) bond motifs is 1. The number of anilines is 1. The monoisotopic (exact) mass is 386 g/mol. The van der Waals surface area contributed by atoms with Crippen LogP contribution in [0.4, 0.5) is 5.69 Å². The first-order valence-corrected chi connectivity index (χ1v) is 8.70. The zero-order valence-corrected chi connectivity index (χ0v) is 15.5. The van der Waals surface area contributed by atoms with Gasteiger partial charge in [0, 0.05) is 17.8 Å². The van der Waals surface area contributed by atoms with Crippen molar-refractivity contribution >= 4 is 40.1 Å². The molecule has 1 heterocycles. The Morgan fingerprint density at radius 2 is 1.85 bits per heavy atom. The van der Waals surface area contributed by atoms with Gasteiger partial charge >= 0.3 is 0 Å². The smallest absolute Gasteiger partial charge is 0.246 e. The number of carbonyl (C=O) groups excluding carboxylic acids is 2. The van der Waals surface area contributed by atoms with Crippen molar-refractivity contribution in [3.05, 3.63) is 59.4 Å². The van der Waals surface area contributed by atoms with E-state index in [1.54, 1.807) is 28.8 Å². The van der Waals surface area contributed by atoms with Crippen molar-refractivity contribution in [2.75, 3.05) is 19.0 Å². The Bertz CT molecular complexity index is 953. The Morgan fingerprint density at radius 1 is 1.11 bits per heavy atom. The van der Waals surface area contributed by atoms with Gasteiger partial charge in [0.25, 0.3) is 0 Å². The summed E-state index contributed by atoms with van der Waals surface area (Å²) < 4.78 is 6.59. The van der Waals surface area contributed by atoms with Crippen LogP contribution in [-0.2, 0) is 27.4 Å². The Balaban J connectivity index is 1.78. The zero-order valence-electron chi connectivity index (χ0n) is 14.7. The van der Waals surface area contributed by atoms with Crippen molar-refractivity contribution in [3.8, 4) is 0 Å². The third-order valence-electron chi connectivity index (χ3n) is 3.88. The molecule has 3 rings (SSSR count). The van der Waals surface area contributed by atoms with Crippen LogP contribution in [0.25, 0.3) is 11.0 Å². The lowest BCUT2D eigenvalue weighted by Crippen LogP contribution is -2.29. The number of para-hydroxylation sites is 2. The second-order valence-electron chi connectivity index (χ2n) is 5.87. The normalized spacial score (nSPS) is 10.7. The molecule has 0 aliphatic carbocycles. The fourth-order valence-corrected chi connectivity index (χ4v) is 2.80. The Labute approximate surface area is 161 Å². The largest absolute Gasteiger partial charge is 0.375 e. The SMILES string of the molecule is COCC(=O)NCc1nc2ccccc2n1CC(=O)Nc1ccc(Cl)cc1. The lowest BCUT2D eigenvalue weighted by atomic mass is 10.3. The van der Waals surface area contributed by atoms with Gasteiger partial charge in [-0.1, -0.05) is 23.7 Å². The predicted molar refractivity (Wildman–Crippen MR) is 104 cm³/mol. The van der Waals surface area contributed by atoms with Crippen molar-refractivity contribution in [3.63, 3.8) is 0 Å². The number of nitrogens with one attached hydrogen (secondary N) is 2. The maximum absolute atomic E-state index is 12.5. The summed E-state index contributed by atoms with van der Waals surface area (Å²) in [4.78, 5) is 28.7. The first-order valence-electron chi connectivity index (χ1n) is 8.32. The quantitative estimate of drug-likeness (QED) is 0.653. The molecule has 0 saturated carbocycles. The number of carbonyl (C=O) groups is 2. The molecule has 0 atom stereocenters. The fourth-order valence-electron chi connectivity index (χ4n) is 2.67. The Kier molecular flexibility index (Phi) is 6.05. The maximum atomic E-state index is 12.5. The van der Waals surface area contributed by atoms with Gasteiger partial charge in [-0.25, -0.2) is 4.98 Å². The average Bonchev–Trinajstić information content (AvgIpc) is 3.00. The number of rotatable bonds is 7. The van der Waals surface area contributed by atoms with Crippen LogP contribution in [0.3, 0.4) is 0 Å². The van der Waals surface area contributed by atoms with Crippen LogP contribution in [-0.4, -0.2) is 35.1 Å². The van der Waals surface area contributed by atoms with Crippen LogP contribution in [0.1, 0.15) is 5.82 Å². The van der Waals surface area contributed by atoms with Crippen LogP contribution in [0.15, 0.2) is 48.5 Å². The average molecular weight is 387 g/mol. The molecular formula is C19H19ClN4O3. The van der Waals surface area contributed by atoms with Crippen molar-refractivity contribution in [2.24, 2.45) is 0 Å². The topological polar surface area (TPSA) is 85.2 Å². The first-order chi connectivity index (χ1) is 13.1. The van der Waals surface area contributed by atoms with Crippen LogP contribution >= 0.6 is 11.6 Å². The molecule has 7 nitrogen and oxygen atoms in total. The van der Waals surface area contributed by atoms with E-state index in [-0.39, 0.29) is 31.5 Å². The van der Waals surface area contributed by atoms with Gasteiger partial charge in [-0.3, -0.25) is 9.59 Å². The van der Waals surface area contributed by atoms with Gasteiger partial charge in [0.1, 0.15) is 19.0 Å². The molecule has 3 aromatic rings. The summed E-state index contributed by atoms with van der Waals surface area (Å²) in [5, 5.41) is 6.17. The van der Waals surface area contributed by atoms with E-state index in [0.717, 1.165) is 11.0 Å². The van der Waals surface area contributed by atoms with E-state index < -0.39 is 0 Å². The summed E-state index contributed by atoms with van der Waals surface area (Å²) in [7, 11) is 1.45. The maximum Gasteiger partial charge on any atom is 0.246 e. The standard InChI is InChI=1S/C19H19ClN4O3/c1-27-12-19(26)21-10-17-23-15-4-2-3-5-16(15)24(17)11-18(25)22-14-8-6-13(20)7-9-14/h2-9H,10-12H2,1H3,(H,21,26)(H,22,25). The lowest BCUT2D eigenvalue weighted by Gasteiger charge is -2.11. The summed E-state index contributed by atoms with van der Waals surface area (Å²) in [6.07, 6.45) is 0. The lowest BCUT2D eigenvalue weighted by molar-refractivity contribution is -0.124. The molecule has 0 aliphatic rings. The van der Waals surface area contributed by atoms with E-state index in [0.29, 0.717) is 16.5 Å². The number of methoxy groups -OCH3 is 1. The number of imidazole rings is 1. The summed E-state index contributed by atoms with van der Waals surface area (Å²) in [6.45, 7) is 0.237. The number of aromatic nitrogens is 2. The molecule has 0 fully saturated rings. The highest BCUT2D eigenvalue weighted by atomic mass is 35.5. The van der Waals surface area contributed by atoms with Crippen LogP contribution < -0.4 is 10.6 Å². The highest BCUT2D eigenvalue weighted by Crippen LogP contribution is 2.17. The third-order valence-corrected chi connectivity index (χ3v) is 4.13. The molecule has 0 unspecified atom stereocenters. The third kappa shape index (κ3) is 4.84. The predicted octanol–water partition coefficient (Wildman–Crippen LogP) is 2.59. The van der Waals surface area contributed by atoms with Gasteiger partial charge in [-0.05, 0) is 36.4 Å². The highest BCUT2D eigenvalue weighted by molar-refractivity contribution is 6.30. The number of hydrogen-bond donors (Lipinski definition) is 2. The number of benzene rings is 2. The minimum Gasteiger partial charge on any atom is -0.375 e. The molecule has 2 N–H and O–H groups in total. The summed E-state index contributed by atoms with van der Waals surface area (Å²) in [5.74, 6) is 0.138. The fraction of sp³-hybridized carbons (Fsp3) is 0.211. The van der Waals surface area contributed by atoms with Crippen LogP contribution in [0, 0.1) is 0 Å². The van der Waals surface area contributed by atoms with Gasteiger partial charge in [-0.2, -0.15) is 0 Å². The van der Waals surface area contributed by atoms with E-state index >= 15 is 0 Å². The van der Waals surface area contributed by atoms with Gasteiger partial charge in [0.05, 0.1) is 17.6 Å². The second kappa shape index (κ2) is 8.66. The molecular weight excluding hydrogens is 368 g/mol. The van der Waals surface area contributed by atoms with Gasteiger partial charge < -0.3 is 19.9 Å². The minimum atomic E-state index is -0.248. The molecule has 0 saturated heterocycles. The second-order valence-corrected chi connectivity index (χ2v) is 6.30. The van der Waals surface area contributed by atoms with E-state index in [2.05, 4.69) is 15.6 Å². The summed E-state index contributed by atoms with van der Waals surface area (Å²) >= 11 is 5.86. The number of hydrogen-bond acceptors (Lipinski definition) is 4. The van der Waals surface area contributed by atoms with E-state index in [1.807, 2.05) is 24.3 Å². The number of ether oxygens (including phenoxy) is 1. The molecule has 0 radical (unpaired) electrons. The molecule has 0 bridgehead atoms. The van der Waals surface area contributed by atoms with Crippen molar-refractivity contribution in [1.82, 2.24) is 14.9 Å². The number of halogens is 1. The Morgan fingerprint density at radius 3 is 2.59 bits per heavy atom. The molecule has 27 heavy (non-hydrogen) atoms.